The van der Waals surface area contributed by atoms with Crippen molar-refractivity contribution in [1.29, 1.82) is 0 Å². The van der Waals surface area contributed by atoms with Crippen LogP contribution in [0.2, 0.25) is 0 Å². The minimum atomic E-state index is -0.315. The van der Waals surface area contributed by atoms with Crippen LogP contribution < -0.4 is 5.32 Å². The van der Waals surface area contributed by atoms with Crippen molar-refractivity contribution in [3.05, 3.63) is 59.4 Å². The molecule has 0 saturated heterocycles. The maximum Gasteiger partial charge on any atom is 0.253 e. The Morgan fingerprint density at radius 1 is 1.29 bits per heavy atom. The van der Waals surface area contributed by atoms with E-state index in [0.29, 0.717) is 12.1 Å². The number of aromatic nitrogens is 1. The van der Waals surface area contributed by atoms with Crippen LogP contribution >= 0.6 is 0 Å². The zero-order valence-electron chi connectivity index (χ0n) is 11.2. The van der Waals surface area contributed by atoms with E-state index in [2.05, 4.69) is 22.1 Å². The average Bonchev–Trinajstić information content (AvgIpc) is 2.51. The SMILES string of the molecule is O=C(NCc1cccc(C#CCO)c1)c1cncc(O)c1. The number of amides is 1. The topological polar surface area (TPSA) is 82.5 Å². The number of nitrogens with zero attached hydrogens (tertiary/aromatic N) is 1. The maximum absolute atomic E-state index is 11.9. The van der Waals surface area contributed by atoms with Crippen molar-refractivity contribution in [1.82, 2.24) is 10.3 Å². The van der Waals surface area contributed by atoms with Gasteiger partial charge in [0.2, 0.25) is 0 Å². The maximum atomic E-state index is 11.9. The summed E-state index contributed by atoms with van der Waals surface area (Å²) in [5.74, 6) is 5.01. The Morgan fingerprint density at radius 2 is 2.14 bits per heavy atom. The predicted octanol–water partition coefficient (Wildman–Crippen LogP) is 1.06. The molecular formula is C16H14N2O3. The Kier molecular flexibility index (Phi) is 4.91. The second-order valence-electron chi connectivity index (χ2n) is 4.27. The molecule has 0 radical (unpaired) electrons. The highest BCUT2D eigenvalue weighted by atomic mass is 16.3. The summed E-state index contributed by atoms with van der Waals surface area (Å²) in [5, 5.41) is 20.7. The molecule has 2 aromatic rings. The van der Waals surface area contributed by atoms with Gasteiger partial charge in [0.25, 0.3) is 5.91 Å². The lowest BCUT2D eigenvalue weighted by Gasteiger charge is -2.06. The summed E-state index contributed by atoms with van der Waals surface area (Å²) in [6.07, 6.45) is 2.65. The molecule has 0 aliphatic heterocycles. The Balaban J connectivity index is 2.01. The number of hydrogen-bond acceptors (Lipinski definition) is 4. The van der Waals surface area contributed by atoms with Crippen molar-refractivity contribution in [2.24, 2.45) is 0 Å². The minimum absolute atomic E-state index is 0.0519. The van der Waals surface area contributed by atoms with Crippen molar-refractivity contribution in [3.8, 4) is 17.6 Å². The zero-order chi connectivity index (χ0) is 15.1. The Morgan fingerprint density at radius 3 is 2.90 bits per heavy atom. The normalized spacial score (nSPS) is 9.57. The Bertz CT molecular complexity index is 702. The van der Waals surface area contributed by atoms with Crippen molar-refractivity contribution in [3.63, 3.8) is 0 Å². The summed E-state index contributed by atoms with van der Waals surface area (Å²) in [5.41, 5.74) is 1.96. The van der Waals surface area contributed by atoms with Crippen molar-refractivity contribution in [2.45, 2.75) is 6.54 Å². The van der Waals surface area contributed by atoms with E-state index in [9.17, 15) is 9.90 Å². The van der Waals surface area contributed by atoms with E-state index < -0.39 is 0 Å². The van der Waals surface area contributed by atoms with Crippen LogP contribution in [0.4, 0.5) is 0 Å². The Hall–Kier alpha value is -2.84. The molecule has 0 spiro atoms. The minimum Gasteiger partial charge on any atom is -0.506 e. The highest BCUT2D eigenvalue weighted by molar-refractivity contribution is 5.94. The number of pyridine rings is 1. The standard InChI is InChI=1S/C16H14N2O3/c19-6-2-5-12-3-1-4-13(7-12)9-18-16(21)14-8-15(20)11-17-10-14/h1,3-4,7-8,10-11,19-20H,6,9H2,(H,18,21). The summed E-state index contributed by atoms with van der Waals surface area (Å²) in [6.45, 7) is 0.147. The van der Waals surface area contributed by atoms with E-state index in [1.807, 2.05) is 24.3 Å². The first-order chi connectivity index (χ1) is 10.2. The highest BCUT2D eigenvalue weighted by Crippen LogP contribution is 2.09. The van der Waals surface area contributed by atoms with Crippen molar-refractivity contribution in [2.75, 3.05) is 6.61 Å². The van der Waals surface area contributed by atoms with E-state index in [1.54, 1.807) is 0 Å². The van der Waals surface area contributed by atoms with E-state index in [4.69, 9.17) is 5.11 Å². The number of aliphatic hydroxyl groups is 1. The lowest BCUT2D eigenvalue weighted by atomic mass is 10.1. The van der Waals surface area contributed by atoms with Crippen molar-refractivity contribution < 1.29 is 15.0 Å². The van der Waals surface area contributed by atoms with Crippen molar-refractivity contribution >= 4 is 5.91 Å². The molecule has 0 saturated carbocycles. The first-order valence-corrected chi connectivity index (χ1v) is 6.30. The number of nitrogens with one attached hydrogen (secondary N) is 1. The van der Waals surface area contributed by atoms with E-state index >= 15 is 0 Å². The first kappa shape index (κ1) is 14.6. The van der Waals surface area contributed by atoms with Gasteiger partial charge in [-0.15, -0.1) is 0 Å². The van der Waals surface area contributed by atoms with Crippen LogP contribution in [0.3, 0.4) is 0 Å². The number of carbonyl (C=O) groups excluding carboxylic acids is 1. The average molecular weight is 282 g/mol. The third-order valence-corrected chi connectivity index (χ3v) is 2.68. The fourth-order valence-corrected chi connectivity index (χ4v) is 1.74. The molecule has 1 amide bonds. The van der Waals surface area contributed by atoms with Crippen LogP contribution in [-0.2, 0) is 6.54 Å². The second kappa shape index (κ2) is 7.08. The van der Waals surface area contributed by atoms with Gasteiger partial charge >= 0.3 is 0 Å². The number of benzene rings is 1. The summed E-state index contributed by atoms with van der Waals surface area (Å²) in [4.78, 5) is 15.7. The molecule has 1 aromatic heterocycles. The number of carbonyl (C=O) groups is 1. The lowest BCUT2D eigenvalue weighted by molar-refractivity contribution is 0.0950. The van der Waals surface area contributed by atoms with Gasteiger partial charge in [0.1, 0.15) is 12.4 Å². The molecule has 0 bridgehead atoms. The predicted molar refractivity (Wildman–Crippen MR) is 77.5 cm³/mol. The van der Waals surface area contributed by atoms with Crippen LogP contribution in [0, 0.1) is 11.8 Å². The first-order valence-electron chi connectivity index (χ1n) is 6.30. The van der Waals surface area contributed by atoms with Gasteiger partial charge in [-0.1, -0.05) is 24.0 Å². The van der Waals surface area contributed by atoms with E-state index in [1.165, 1.54) is 18.5 Å². The van der Waals surface area contributed by atoms with Gasteiger partial charge < -0.3 is 15.5 Å². The van der Waals surface area contributed by atoms with Gasteiger partial charge in [0.05, 0.1) is 11.8 Å². The third kappa shape index (κ3) is 4.34. The summed E-state index contributed by atoms with van der Waals surface area (Å²) < 4.78 is 0. The van der Waals surface area contributed by atoms with Crippen LogP contribution in [-0.4, -0.2) is 27.7 Å². The Labute approximate surface area is 122 Å². The van der Waals surface area contributed by atoms with Gasteiger partial charge in [-0.25, -0.2) is 0 Å². The molecule has 21 heavy (non-hydrogen) atoms. The van der Waals surface area contributed by atoms with Crippen LogP contribution in [0.1, 0.15) is 21.5 Å². The highest BCUT2D eigenvalue weighted by Gasteiger charge is 2.06. The van der Waals surface area contributed by atoms with E-state index in [0.717, 1.165) is 11.1 Å². The van der Waals surface area contributed by atoms with E-state index in [-0.39, 0.29) is 18.3 Å². The van der Waals surface area contributed by atoms with Crippen LogP contribution in [0.15, 0.2) is 42.7 Å². The largest absolute Gasteiger partial charge is 0.506 e. The molecule has 0 unspecified atom stereocenters. The monoisotopic (exact) mass is 282 g/mol. The molecule has 5 heteroatoms. The van der Waals surface area contributed by atoms with Gasteiger partial charge in [0.15, 0.2) is 0 Å². The van der Waals surface area contributed by atoms with Crippen LogP contribution in [0.5, 0.6) is 5.75 Å². The number of aliphatic hydroxyl groups excluding tert-OH is 1. The molecule has 1 heterocycles. The molecule has 0 fully saturated rings. The third-order valence-electron chi connectivity index (χ3n) is 2.68. The molecule has 3 N–H and O–H groups in total. The molecule has 106 valence electrons. The fraction of sp³-hybridized carbons (Fsp3) is 0.125. The van der Waals surface area contributed by atoms with Gasteiger partial charge in [0, 0.05) is 18.3 Å². The van der Waals surface area contributed by atoms with Crippen LogP contribution in [0.25, 0.3) is 0 Å². The van der Waals surface area contributed by atoms with Gasteiger partial charge in [-0.2, -0.15) is 0 Å². The summed E-state index contributed by atoms with van der Waals surface area (Å²) >= 11 is 0. The molecule has 0 aliphatic carbocycles. The smallest absolute Gasteiger partial charge is 0.253 e. The quantitative estimate of drug-likeness (QED) is 0.735. The molecule has 5 nitrogen and oxygen atoms in total. The summed E-state index contributed by atoms with van der Waals surface area (Å²) in [6, 6.07) is 8.71. The molecule has 2 rings (SSSR count). The number of hydrogen-bond donors (Lipinski definition) is 3. The number of aromatic hydroxyl groups is 1. The fourth-order valence-electron chi connectivity index (χ4n) is 1.74. The number of rotatable bonds is 3. The zero-order valence-corrected chi connectivity index (χ0v) is 11.2. The second-order valence-corrected chi connectivity index (χ2v) is 4.27. The van der Waals surface area contributed by atoms with Gasteiger partial charge in [-0.3, -0.25) is 9.78 Å². The van der Waals surface area contributed by atoms with Gasteiger partial charge in [-0.05, 0) is 23.8 Å². The lowest BCUT2D eigenvalue weighted by Crippen LogP contribution is -2.22. The molecule has 1 aromatic carbocycles. The molecule has 0 aliphatic rings. The molecule has 0 atom stereocenters. The molecular weight excluding hydrogens is 268 g/mol. The summed E-state index contributed by atoms with van der Waals surface area (Å²) in [7, 11) is 0.